The maximum atomic E-state index is 12.7. The molecule has 1 heterocycles. The SMILES string of the molecule is CC(N)C1CCCCN1S(=O)(=O)c1ccc(C(F)(F)F)cc1. The zero-order valence-corrected chi connectivity index (χ0v) is 13.0. The van der Waals surface area contributed by atoms with E-state index in [1.54, 1.807) is 6.92 Å². The minimum atomic E-state index is -4.48. The zero-order chi connectivity index (χ0) is 16.5. The lowest BCUT2D eigenvalue weighted by Gasteiger charge is -2.36. The van der Waals surface area contributed by atoms with Gasteiger partial charge in [0.25, 0.3) is 0 Å². The fourth-order valence-electron chi connectivity index (χ4n) is 2.71. The van der Waals surface area contributed by atoms with Gasteiger partial charge in [-0.25, -0.2) is 8.42 Å². The van der Waals surface area contributed by atoms with E-state index in [-0.39, 0.29) is 17.0 Å². The van der Waals surface area contributed by atoms with Crippen LogP contribution in [0.5, 0.6) is 0 Å². The predicted octanol–water partition coefficient (Wildman–Crippen LogP) is 2.60. The molecule has 2 N–H and O–H groups in total. The number of alkyl halides is 3. The van der Waals surface area contributed by atoms with Crippen molar-refractivity contribution in [2.75, 3.05) is 6.54 Å². The van der Waals surface area contributed by atoms with E-state index in [1.807, 2.05) is 0 Å². The van der Waals surface area contributed by atoms with E-state index in [0.29, 0.717) is 13.0 Å². The van der Waals surface area contributed by atoms with Crippen molar-refractivity contribution in [2.24, 2.45) is 5.73 Å². The Morgan fingerprint density at radius 3 is 2.32 bits per heavy atom. The first-order chi connectivity index (χ1) is 10.1. The topological polar surface area (TPSA) is 63.4 Å². The molecule has 2 unspecified atom stereocenters. The highest BCUT2D eigenvalue weighted by atomic mass is 32.2. The van der Waals surface area contributed by atoms with Crippen molar-refractivity contribution in [3.05, 3.63) is 29.8 Å². The molecular formula is C14H19F3N2O2S. The molecule has 0 radical (unpaired) electrons. The lowest BCUT2D eigenvalue weighted by atomic mass is 10.00. The van der Waals surface area contributed by atoms with Crippen molar-refractivity contribution >= 4 is 10.0 Å². The number of benzene rings is 1. The van der Waals surface area contributed by atoms with Gasteiger partial charge < -0.3 is 5.73 Å². The van der Waals surface area contributed by atoms with Crippen LogP contribution in [0.3, 0.4) is 0 Å². The molecule has 0 aromatic heterocycles. The molecule has 1 aromatic carbocycles. The normalized spacial score (nSPS) is 22.5. The number of sulfonamides is 1. The van der Waals surface area contributed by atoms with Gasteiger partial charge in [0.05, 0.1) is 10.5 Å². The predicted molar refractivity (Wildman–Crippen MR) is 76.6 cm³/mol. The average Bonchev–Trinajstić information content (AvgIpc) is 2.46. The molecule has 0 amide bonds. The molecule has 124 valence electrons. The third-order valence-electron chi connectivity index (χ3n) is 3.89. The molecule has 2 rings (SSSR count). The summed E-state index contributed by atoms with van der Waals surface area (Å²) in [7, 11) is -3.83. The number of nitrogens with two attached hydrogens (primary N) is 1. The fraction of sp³-hybridized carbons (Fsp3) is 0.571. The molecule has 1 fully saturated rings. The summed E-state index contributed by atoms with van der Waals surface area (Å²) in [6.07, 6.45) is -2.20. The second kappa shape index (κ2) is 6.17. The second-order valence-corrected chi connectivity index (χ2v) is 7.45. The van der Waals surface area contributed by atoms with Gasteiger partial charge in [-0.1, -0.05) is 6.42 Å². The molecule has 0 spiro atoms. The van der Waals surface area contributed by atoms with Crippen molar-refractivity contribution in [2.45, 2.75) is 49.3 Å². The van der Waals surface area contributed by atoms with Crippen LogP contribution in [0.15, 0.2) is 29.2 Å². The molecule has 1 aliphatic rings. The van der Waals surface area contributed by atoms with E-state index in [4.69, 9.17) is 5.73 Å². The molecule has 1 aromatic rings. The molecular weight excluding hydrogens is 317 g/mol. The third kappa shape index (κ3) is 3.44. The number of hydrogen-bond donors (Lipinski definition) is 1. The Morgan fingerprint density at radius 2 is 1.82 bits per heavy atom. The van der Waals surface area contributed by atoms with Crippen molar-refractivity contribution in [1.82, 2.24) is 4.31 Å². The van der Waals surface area contributed by atoms with Gasteiger partial charge in [0.15, 0.2) is 0 Å². The van der Waals surface area contributed by atoms with Crippen LogP contribution in [0, 0.1) is 0 Å². The summed E-state index contributed by atoms with van der Waals surface area (Å²) >= 11 is 0. The van der Waals surface area contributed by atoms with E-state index in [9.17, 15) is 21.6 Å². The van der Waals surface area contributed by atoms with Gasteiger partial charge in [-0.15, -0.1) is 0 Å². The van der Waals surface area contributed by atoms with Crippen LogP contribution < -0.4 is 5.73 Å². The average molecular weight is 336 g/mol. The van der Waals surface area contributed by atoms with Crippen molar-refractivity contribution < 1.29 is 21.6 Å². The van der Waals surface area contributed by atoms with Crippen molar-refractivity contribution in [3.8, 4) is 0 Å². The Bertz CT molecular complexity index is 612. The molecule has 22 heavy (non-hydrogen) atoms. The Balaban J connectivity index is 2.33. The quantitative estimate of drug-likeness (QED) is 0.923. The lowest BCUT2D eigenvalue weighted by molar-refractivity contribution is -0.137. The summed E-state index contributed by atoms with van der Waals surface area (Å²) in [6.45, 7) is 2.08. The van der Waals surface area contributed by atoms with Crippen LogP contribution >= 0.6 is 0 Å². The Labute approximate surface area is 128 Å². The van der Waals surface area contributed by atoms with E-state index in [0.717, 1.165) is 37.1 Å². The second-order valence-electron chi connectivity index (χ2n) is 5.56. The molecule has 8 heteroatoms. The molecule has 0 bridgehead atoms. The van der Waals surface area contributed by atoms with Crippen LogP contribution in [-0.2, 0) is 16.2 Å². The molecule has 1 saturated heterocycles. The van der Waals surface area contributed by atoms with Crippen LogP contribution in [0.1, 0.15) is 31.7 Å². The molecule has 4 nitrogen and oxygen atoms in total. The standard InChI is InChI=1S/C14H19F3N2O2S/c1-10(18)13-4-2-3-9-19(13)22(20,21)12-7-5-11(6-8-12)14(15,16)17/h5-8,10,13H,2-4,9,18H2,1H3. The summed E-state index contributed by atoms with van der Waals surface area (Å²) in [5.74, 6) is 0. The van der Waals surface area contributed by atoms with E-state index < -0.39 is 21.8 Å². The first-order valence-corrected chi connectivity index (χ1v) is 8.53. The summed E-state index contributed by atoms with van der Waals surface area (Å²) in [6, 6.07) is 2.94. The van der Waals surface area contributed by atoms with Crippen molar-refractivity contribution in [1.29, 1.82) is 0 Å². The maximum Gasteiger partial charge on any atom is 0.416 e. The first kappa shape index (κ1) is 17.2. The number of rotatable bonds is 3. The smallest absolute Gasteiger partial charge is 0.326 e. The van der Waals surface area contributed by atoms with Gasteiger partial charge in [-0.2, -0.15) is 17.5 Å². The minimum absolute atomic E-state index is 0.131. The zero-order valence-electron chi connectivity index (χ0n) is 12.2. The fourth-order valence-corrected chi connectivity index (χ4v) is 4.48. The van der Waals surface area contributed by atoms with E-state index >= 15 is 0 Å². The summed E-state index contributed by atoms with van der Waals surface area (Å²) in [4.78, 5) is -0.131. The highest BCUT2D eigenvalue weighted by molar-refractivity contribution is 7.89. The van der Waals surface area contributed by atoms with E-state index in [2.05, 4.69) is 0 Å². The van der Waals surface area contributed by atoms with Gasteiger partial charge in [-0.3, -0.25) is 0 Å². The van der Waals surface area contributed by atoms with Crippen LogP contribution in [0.4, 0.5) is 13.2 Å². The van der Waals surface area contributed by atoms with Gasteiger partial charge in [0.2, 0.25) is 10.0 Å². The Kier molecular flexibility index (Phi) is 4.84. The molecule has 0 saturated carbocycles. The monoisotopic (exact) mass is 336 g/mol. The summed E-state index contributed by atoms with van der Waals surface area (Å²) in [5, 5.41) is 0. The summed E-state index contributed by atoms with van der Waals surface area (Å²) in [5.41, 5.74) is 4.99. The van der Waals surface area contributed by atoms with E-state index in [1.165, 1.54) is 4.31 Å². The number of halogens is 3. The maximum absolute atomic E-state index is 12.7. The molecule has 1 aliphatic heterocycles. The Morgan fingerprint density at radius 1 is 1.23 bits per heavy atom. The highest BCUT2D eigenvalue weighted by Gasteiger charge is 2.36. The summed E-state index contributed by atoms with van der Waals surface area (Å²) < 4.78 is 64.3. The van der Waals surface area contributed by atoms with Gasteiger partial charge in [-0.05, 0) is 44.0 Å². The number of piperidine rings is 1. The largest absolute Gasteiger partial charge is 0.416 e. The number of nitrogens with zero attached hydrogens (tertiary/aromatic N) is 1. The third-order valence-corrected chi connectivity index (χ3v) is 5.83. The van der Waals surface area contributed by atoms with Crippen LogP contribution in [-0.4, -0.2) is 31.4 Å². The number of hydrogen-bond acceptors (Lipinski definition) is 3. The van der Waals surface area contributed by atoms with Crippen LogP contribution in [0.2, 0.25) is 0 Å². The van der Waals surface area contributed by atoms with Crippen molar-refractivity contribution in [3.63, 3.8) is 0 Å². The minimum Gasteiger partial charge on any atom is -0.326 e. The molecule has 2 atom stereocenters. The first-order valence-electron chi connectivity index (χ1n) is 7.09. The Hall–Kier alpha value is -1.12. The lowest BCUT2D eigenvalue weighted by Crippen LogP contribution is -2.51. The molecule has 0 aliphatic carbocycles. The van der Waals surface area contributed by atoms with Gasteiger partial charge in [0.1, 0.15) is 0 Å². The van der Waals surface area contributed by atoms with Gasteiger partial charge in [0, 0.05) is 18.6 Å². The highest BCUT2D eigenvalue weighted by Crippen LogP contribution is 2.31. The van der Waals surface area contributed by atoms with Crippen LogP contribution in [0.25, 0.3) is 0 Å². The van der Waals surface area contributed by atoms with Gasteiger partial charge >= 0.3 is 6.18 Å².